The molecule has 4 rings (SSSR count). The van der Waals surface area contributed by atoms with Gasteiger partial charge >= 0.3 is 0 Å². The van der Waals surface area contributed by atoms with Gasteiger partial charge in [-0.3, -0.25) is 4.79 Å². The number of nitrogen functional groups attached to an aromatic ring is 1. The molecule has 1 amide bonds. The van der Waals surface area contributed by atoms with Gasteiger partial charge in [-0.05, 0) is 32.4 Å². The first-order chi connectivity index (χ1) is 11.0. The Morgan fingerprint density at radius 1 is 1.30 bits per heavy atom. The number of fused-ring (bicyclic) bond motifs is 3. The number of amides is 1. The van der Waals surface area contributed by atoms with E-state index in [0.29, 0.717) is 6.42 Å². The molecule has 2 aliphatic rings. The highest BCUT2D eigenvalue weighted by molar-refractivity contribution is 5.96. The Morgan fingerprint density at radius 2 is 2.13 bits per heavy atom. The minimum absolute atomic E-state index is 0.163. The molecule has 2 N–H and O–H groups in total. The van der Waals surface area contributed by atoms with E-state index in [4.69, 9.17) is 10.5 Å². The third-order valence-corrected chi connectivity index (χ3v) is 4.38. The van der Waals surface area contributed by atoms with Crippen molar-refractivity contribution in [2.24, 2.45) is 0 Å². The first kappa shape index (κ1) is 14.0. The molecule has 0 unspecified atom stereocenters. The van der Waals surface area contributed by atoms with Gasteiger partial charge in [-0.15, -0.1) is 0 Å². The molecule has 118 valence electrons. The molecule has 0 spiro atoms. The topological polar surface area (TPSA) is 81.3 Å². The summed E-state index contributed by atoms with van der Waals surface area (Å²) in [5.41, 5.74) is 8.62. The standard InChI is InChI=1S/C17H18N4O2/c1-17(2)15-12(9-19-16(18)20-15)11-6-5-10(8-13(11)23-17)21-7-3-4-14(21)22/h5-6,8-9H,3-4,7H2,1-2H3,(H2,18,19,20). The van der Waals surface area contributed by atoms with E-state index in [1.807, 2.05) is 36.9 Å². The van der Waals surface area contributed by atoms with Crippen LogP contribution in [0.15, 0.2) is 24.4 Å². The summed E-state index contributed by atoms with van der Waals surface area (Å²) < 4.78 is 6.15. The number of hydrogen-bond donors (Lipinski definition) is 1. The van der Waals surface area contributed by atoms with Crippen LogP contribution in [0.4, 0.5) is 11.6 Å². The molecule has 2 aliphatic heterocycles. The number of nitrogens with two attached hydrogens (primary N) is 1. The summed E-state index contributed by atoms with van der Waals surface area (Å²) in [6, 6.07) is 5.84. The molecule has 0 radical (unpaired) electrons. The van der Waals surface area contributed by atoms with Crippen LogP contribution in [0.1, 0.15) is 32.4 Å². The number of nitrogens with zero attached hydrogens (tertiary/aromatic N) is 3. The van der Waals surface area contributed by atoms with Gasteiger partial charge in [0.1, 0.15) is 11.4 Å². The fourth-order valence-corrected chi connectivity index (χ4v) is 3.28. The van der Waals surface area contributed by atoms with Crippen LogP contribution < -0.4 is 15.4 Å². The van der Waals surface area contributed by atoms with Crippen molar-refractivity contribution in [1.29, 1.82) is 0 Å². The molecular formula is C17H18N4O2. The fourth-order valence-electron chi connectivity index (χ4n) is 3.28. The van der Waals surface area contributed by atoms with Crippen LogP contribution in [0.3, 0.4) is 0 Å². The molecular weight excluding hydrogens is 292 g/mol. The van der Waals surface area contributed by atoms with Gasteiger partial charge in [0.15, 0.2) is 0 Å². The summed E-state index contributed by atoms with van der Waals surface area (Å²) in [6.07, 6.45) is 3.25. The lowest BCUT2D eigenvalue weighted by Crippen LogP contribution is -2.31. The predicted molar refractivity (Wildman–Crippen MR) is 87.1 cm³/mol. The Kier molecular flexibility index (Phi) is 2.85. The lowest BCUT2D eigenvalue weighted by atomic mass is 9.91. The summed E-state index contributed by atoms with van der Waals surface area (Å²) in [6.45, 7) is 4.67. The smallest absolute Gasteiger partial charge is 0.227 e. The Balaban J connectivity index is 1.84. The number of hydrogen-bond acceptors (Lipinski definition) is 5. The average Bonchev–Trinajstić information content (AvgIpc) is 2.93. The normalized spacial score (nSPS) is 18.3. The highest BCUT2D eigenvalue weighted by Crippen LogP contribution is 2.45. The average molecular weight is 310 g/mol. The number of benzene rings is 1. The lowest BCUT2D eigenvalue weighted by Gasteiger charge is -2.34. The zero-order chi connectivity index (χ0) is 16.2. The minimum Gasteiger partial charge on any atom is -0.481 e. The molecule has 6 heteroatoms. The maximum atomic E-state index is 12.0. The second-order valence-electron chi connectivity index (χ2n) is 6.43. The van der Waals surface area contributed by atoms with E-state index in [1.54, 1.807) is 6.20 Å². The highest BCUT2D eigenvalue weighted by Gasteiger charge is 2.35. The Hall–Kier alpha value is -2.63. The zero-order valence-electron chi connectivity index (χ0n) is 13.2. The van der Waals surface area contributed by atoms with Crippen LogP contribution >= 0.6 is 0 Å². The van der Waals surface area contributed by atoms with E-state index in [1.165, 1.54) is 0 Å². The third kappa shape index (κ3) is 2.13. The van der Waals surface area contributed by atoms with Crippen molar-refractivity contribution in [1.82, 2.24) is 9.97 Å². The van der Waals surface area contributed by atoms with Crippen LogP contribution in [0.5, 0.6) is 5.75 Å². The molecule has 0 atom stereocenters. The van der Waals surface area contributed by atoms with E-state index in [0.717, 1.165) is 41.2 Å². The maximum Gasteiger partial charge on any atom is 0.227 e. The van der Waals surface area contributed by atoms with Crippen molar-refractivity contribution in [3.8, 4) is 16.9 Å². The quantitative estimate of drug-likeness (QED) is 0.875. The van der Waals surface area contributed by atoms with Crippen LogP contribution in [0, 0.1) is 0 Å². The van der Waals surface area contributed by atoms with Gasteiger partial charge in [-0.25, -0.2) is 9.97 Å². The molecule has 0 bridgehead atoms. The van der Waals surface area contributed by atoms with Crippen molar-refractivity contribution < 1.29 is 9.53 Å². The lowest BCUT2D eigenvalue weighted by molar-refractivity contribution is -0.117. The van der Waals surface area contributed by atoms with Crippen LogP contribution in [-0.4, -0.2) is 22.4 Å². The van der Waals surface area contributed by atoms with Gasteiger partial charge in [0.05, 0.1) is 5.69 Å². The van der Waals surface area contributed by atoms with Crippen LogP contribution in [-0.2, 0) is 10.4 Å². The first-order valence-corrected chi connectivity index (χ1v) is 7.72. The van der Waals surface area contributed by atoms with Gasteiger partial charge in [-0.2, -0.15) is 0 Å². The molecule has 2 aromatic rings. The van der Waals surface area contributed by atoms with Gasteiger partial charge in [-0.1, -0.05) is 0 Å². The summed E-state index contributed by atoms with van der Waals surface area (Å²) >= 11 is 0. The second-order valence-corrected chi connectivity index (χ2v) is 6.43. The van der Waals surface area contributed by atoms with Gasteiger partial charge < -0.3 is 15.4 Å². The van der Waals surface area contributed by atoms with Gasteiger partial charge in [0.25, 0.3) is 0 Å². The summed E-state index contributed by atoms with van der Waals surface area (Å²) in [5, 5.41) is 0. The van der Waals surface area contributed by atoms with Crippen LogP contribution in [0.2, 0.25) is 0 Å². The van der Waals surface area contributed by atoms with Crippen molar-refractivity contribution in [2.75, 3.05) is 17.2 Å². The molecule has 1 fully saturated rings. The molecule has 1 aromatic heterocycles. The van der Waals surface area contributed by atoms with Crippen LogP contribution in [0.25, 0.3) is 11.1 Å². The number of rotatable bonds is 1. The van der Waals surface area contributed by atoms with E-state index < -0.39 is 5.60 Å². The number of carbonyl (C=O) groups excluding carboxylic acids is 1. The largest absolute Gasteiger partial charge is 0.481 e. The Morgan fingerprint density at radius 3 is 2.87 bits per heavy atom. The maximum absolute atomic E-state index is 12.0. The molecule has 1 saturated heterocycles. The SMILES string of the molecule is CC1(C)Oc2cc(N3CCCC3=O)ccc2-c2cnc(N)nc21. The molecule has 3 heterocycles. The monoisotopic (exact) mass is 310 g/mol. The van der Waals surface area contributed by atoms with E-state index in [-0.39, 0.29) is 11.9 Å². The molecule has 1 aromatic carbocycles. The number of anilines is 2. The fraction of sp³-hybridized carbons (Fsp3) is 0.353. The van der Waals surface area contributed by atoms with Crippen molar-refractivity contribution in [3.05, 3.63) is 30.1 Å². The number of carbonyl (C=O) groups is 1. The van der Waals surface area contributed by atoms with Crippen molar-refractivity contribution in [2.45, 2.75) is 32.3 Å². The second kappa shape index (κ2) is 4.68. The summed E-state index contributed by atoms with van der Waals surface area (Å²) in [5.74, 6) is 1.15. The van der Waals surface area contributed by atoms with E-state index in [2.05, 4.69) is 9.97 Å². The Labute approximate surface area is 134 Å². The summed E-state index contributed by atoms with van der Waals surface area (Å²) in [7, 11) is 0. The molecule has 6 nitrogen and oxygen atoms in total. The van der Waals surface area contributed by atoms with Gasteiger partial charge in [0.2, 0.25) is 11.9 Å². The van der Waals surface area contributed by atoms with E-state index in [9.17, 15) is 4.79 Å². The van der Waals surface area contributed by atoms with Gasteiger partial charge in [0, 0.05) is 42.0 Å². The van der Waals surface area contributed by atoms with Crippen molar-refractivity contribution >= 4 is 17.5 Å². The van der Waals surface area contributed by atoms with Crippen molar-refractivity contribution in [3.63, 3.8) is 0 Å². The first-order valence-electron chi connectivity index (χ1n) is 7.72. The number of aromatic nitrogens is 2. The number of ether oxygens (including phenoxy) is 1. The highest BCUT2D eigenvalue weighted by atomic mass is 16.5. The zero-order valence-corrected chi connectivity index (χ0v) is 13.2. The molecule has 23 heavy (non-hydrogen) atoms. The third-order valence-electron chi connectivity index (χ3n) is 4.38. The van der Waals surface area contributed by atoms with E-state index >= 15 is 0 Å². The molecule has 0 aliphatic carbocycles. The summed E-state index contributed by atoms with van der Waals surface area (Å²) in [4.78, 5) is 22.2. The predicted octanol–water partition coefficient (Wildman–Crippen LogP) is 2.48. The molecule has 0 saturated carbocycles. The Bertz CT molecular complexity index is 816. The minimum atomic E-state index is -0.604.